The van der Waals surface area contributed by atoms with Crippen LogP contribution in [-0.4, -0.2) is 31.3 Å². The van der Waals surface area contributed by atoms with Crippen LogP contribution in [0.5, 0.6) is 0 Å². The topological polar surface area (TPSA) is 49.4 Å². The molecular weight excluding hydrogens is 180 g/mol. The molecule has 0 aliphatic rings. The van der Waals surface area contributed by atoms with Crippen LogP contribution in [0, 0.1) is 0 Å². The Balaban J connectivity index is 2.85. The molecule has 1 radical (unpaired) electrons. The summed E-state index contributed by atoms with van der Waals surface area (Å²) >= 11 is 0. The van der Waals surface area contributed by atoms with Crippen molar-refractivity contribution in [3.63, 3.8) is 0 Å². The third-order valence-electron chi connectivity index (χ3n) is 1.68. The molecule has 0 spiro atoms. The normalized spacial score (nSPS) is 9.29. The van der Waals surface area contributed by atoms with Gasteiger partial charge in [-0.05, 0) is 12.1 Å². The summed E-state index contributed by atoms with van der Waals surface area (Å²) in [7, 11) is 3.26. The van der Waals surface area contributed by atoms with Gasteiger partial charge in [-0.3, -0.25) is 4.79 Å². The number of hydrogen-bond acceptors (Lipinski definition) is 2. The SMILES string of the molecule is CN(C)C(=O)Nc1ccccc1[C]=O. The van der Waals surface area contributed by atoms with E-state index in [1.54, 1.807) is 44.6 Å². The predicted octanol–water partition coefficient (Wildman–Crippen LogP) is 1.24. The number of carbonyl (C=O) groups excluding carboxylic acids is 2. The van der Waals surface area contributed by atoms with Crippen molar-refractivity contribution in [3.8, 4) is 0 Å². The van der Waals surface area contributed by atoms with Crippen molar-refractivity contribution in [2.45, 2.75) is 0 Å². The quantitative estimate of drug-likeness (QED) is 0.764. The predicted molar refractivity (Wildman–Crippen MR) is 53.9 cm³/mol. The molecule has 0 aliphatic heterocycles. The van der Waals surface area contributed by atoms with E-state index in [9.17, 15) is 9.59 Å². The lowest BCUT2D eigenvalue weighted by Gasteiger charge is -2.12. The van der Waals surface area contributed by atoms with Crippen LogP contribution in [0.4, 0.5) is 10.5 Å². The summed E-state index contributed by atoms with van der Waals surface area (Å²) in [6.45, 7) is 0. The van der Waals surface area contributed by atoms with Gasteiger partial charge in [-0.2, -0.15) is 0 Å². The maximum Gasteiger partial charge on any atom is 0.321 e. The Morgan fingerprint density at radius 3 is 2.57 bits per heavy atom. The summed E-state index contributed by atoms with van der Waals surface area (Å²) in [5, 5.41) is 2.59. The Labute approximate surface area is 82.5 Å². The summed E-state index contributed by atoms with van der Waals surface area (Å²) in [6.07, 6.45) is 1.76. The van der Waals surface area contributed by atoms with Gasteiger partial charge in [0.1, 0.15) is 0 Å². The number of hydrogen-bond donors (Lipinski definition) is 1. The lowest BCUT2D eigenvalue weighted by molar-refractivity contribution is 0.230. The molecule has 1 aromatic rings. The van der Waals surface area contributed by atoms with E-state index in [4.69, 9.17) is 0 Å². The zero-order chi connectivity index (χ0) is 10.6. The van der Waals surface area contributed by atoms with Crippen molar-refractivity contribution in [1.29, 1.82) is 0 Å². The van der Waals surface area contributed by atoms with Crippen LogP contribution in [0.2, 0.25) is 0 Å². The van der Waals surface area contributed by atoms with E-state index in [0.717, 1.165) is 0 Å². The number of amides is 2. The number of para-hydroxylation sites is 1. The molecule has 1 N–H and O–H groups in total. The molecule has 0 atom stereocenters. The van der Waals surface area contributed by atoms with Crippen LogP contribution in [0.15, 0.2) is 24.3 Å². The smallest absolute Gasteiger partial charge is 0.321 e. The minimum atomic E-state index is -0.271. The molecule has 0 aliphatic carbocycles. The monoisotopic (exact) mass is 191 g/mol. The lowest BCUT2D eigenvalue weighted by atomic mass is 10.2. The number of rotatable bonds is 2. The highest BCUT2D eigenvalue weighted by Gasteiger charge is 2.06. The molecule has 1 aromatic carbocycles. The highest BCUT2D eigenvalue weighted by Crippen LogP contribution is 2.12. The van der Waals surface area contributed by atoms with Gasteiger partial charge < -0.3 is 10.2 Å². The lowest BCUT2D eigenvalue weighted by Crippen LogP contribution is -2.27. The number of nitrogens with zero attached hydrogens (tertiary/aromatic N) is 1. The van der Waals surface area contributed by atoms with E-state index in [1.807, 2.05) is 0 Å². The first-order valence-electron chi connectivity index (χ1n) is 4.10. The largest absolute Gasteiger partial charge is 0.331 e. The van der Waals surface area contributed by atoms with Crippen molar-refractivity contribution in [2.75, 3.05) is 19.4 Å². The van der Waals surface area contributed by atoms with Gasteiger partial charge in [-0.15, -0.1) is 0 Å². The minimum Gasteiger partial charge on any atom is -0.331 e. The second kappa shape index (κ2) is 4.41. The van der Waals surface area contributed by atoms with Crippen LogP contribution < -0.4 is 5.32 Å². The fourth-order valence-corrected chi connectivity index (χ4v) is 0.908. The van der Waals surface area contributed by atoms with E-state index in [0.29, 0.717) is 11.3 Å². The van der Waals surface area contributed by atoms with Gasteiger partial charge in [-0.1, -0.05) is 12.1 Å². The average Bonchev–Trinajstić information content (AvgIpc) is 2.18. The van der Waals surface area contributed by atoms with Gasteiger partial charge in [0, 0.05) is 19.7 Å². The summed E-state index contributed by atoms with van der Waals surface area (Å²) < 4.78 is 0. The first-order chi connectivity index (χ1) is 6.65. The molecule has 0 fully saturated rings. The van der Waals surface area contributed by atoms with E-state index in [-0.39, 0.29) is 6.03 Å². The third-order valence-corrected chi connectivity index (χ3v) is 1.68. The number of anilines is 1. The number of carbonyl (C=O) groups is 1. The van der Waals surface area contributed by atoms with Crippen molar-refractivity contribution in [1.82, 2.24) is 4.90 Å². The van der Waals surface area contributed by atoms with Gasteiger partial charge in [0.05, 0.1) is 5.69 Å². The molecule has 0 unspecified atom stereocenters. The van der Waals surface area contributed by atoms with Crippen molar-refractivity contribution < 1.29 is 9.59 Å². The number of nitrogens with one attached hydrogen (secondary N) is 1. The Morgan fingerprint density at radius 2 is 2.00 bits per heavy atom. The summed E-state index contributed by atoms with van der Waals surface area (Å²) in [6, 6.07) is 6.44. The first-order valence-corrected chi connectivity index (χ1v) is 4.10. The van der Waals surface area contributed by atoms with Gasteiger partial charge in [0.2, 0.25) is 6.29 Å². The summed E-state index contributed by atoms with van der Waals surface area (Å²) in [5.41, 5.74) is 0.823. The third kappa shape index (κ3) is 2.32. The van der Waals surface area contributed by atoms with Crippen molar-refractivity contribution >= 4 is 18.0 Å². The zero-order valence-electron chi connectivity index (χ0n) is 8.07. The van der Waals surface area contributed by atoms with Gasteiger partial charge in [-0.25, -0.2) is 4.79 Å². The van der Waals surface area contributed by atoms with Gasteiger partial charge in [0.25, 0.3) is 0 Å². The molecule has 0 aromatic heterocycles. The van der Waals surface area contributed by atoms with Gasteiger partial charge in [0.15, 0.2) is 0 Å². The average molecular weight is 191 g/mol. The highest BCUT2D eigenvalue weighted by atomic mass is 16.2. The molecule has 14 heavy (non-hydrogen) atoms. The fourth-order valence-electron chi connectivity index (χ4n) is 0.908. The molecule has 4 heteroatoms. The molecule has 1 rings (SSSR count). The minimum absolute atomic E-state index is 0.271. The Kier molecular flexibility index (Phi) is 3.23. The zero-order valence-corrected chi connectivity index (χ0v) is 8.07. The van der Waals surface area contributed by atoms with E-state index in [1.165, 1.54) is 4.90 Å². The standard InChI is InChI=1S/C10H11N2O2/c1-12(2)10(14)11-9-6-4-3-5-8(9)7-13/h3-6H,1-2H3,(H,11,14). The Morgan fingerprint density at radius 1 is 1.36 bits per heavy atom. The summed E-state index contributed by atoms with van der Waals surface area (Å²) in [4.78, 5) is 23.1. The first kappa shape index (κ1) is 10.2. The molecule has 0 saturated heterocycles. The highest BCUT2D eigenvalue weighted by molar-refractivity contribution is 5.95. The van der Waals surface area contributed by atoms with Crippen molar-refractivity contribution in [2.24, 2.45) is 0 Å². The molecule has 0 heterocycles. The van der Waals surface area contributed by atoms with Crippen LogP contribution in [0.25, 0.3) is 0 Å². The van der Waals surface area contributed by atoms with Gasteiger partial charge >= 0.3 is 6.03 Å². The van der Waals surface area contributed by atoms with Crippen LogP contribution in [0.1, 0.15) is 5.56 Å². The molecule has 4 nitrogen and oxygen atoms in total. The second-order valence-electron chi connectivity index (χ2n) is 2.97. The molecule has 2 amide bonds. The number of urea groups is 1. The molecule has 0 bridgehead atoms. The van der Waals surface area contributed by atoms with E-state index < -0.39 is 0 Å². The van der Waals surface area contributed by atoms with Crippen LogP contribution in [-0.2, 0) is 4.79 Å². The maximum absolute atomic E-state index is 11.3. The molecular formula is C10H11N2O2. The number of benzene rings is 1. The van der Waals surface area contributed by atoms with Crippen molar-refractivity contribution in [3.05, 3.63) is 29.8 Å². The van der Waals surface area contributed by atoms with Crippen LogP contribution in [0.3, 0.4) is 0 Å². The van der Waals surface area contributed by atoms with E-state index in [2.05, 4.69) is 5.32 Å². The second-order valence-corrected chi connectivity index (χ2v) is 2.97. The van der Waals surface area contributed by atoms with Crippen LogP contribution >= 0.6 is 0 Å². The Hall–Kier alpha value is -1.84. The Bertz CT molecular complexity index is 348. The maximum atomic E-state index is 11.3. The van der Waals surface area contributed by atoms with E-state index >= 15 is 0 Å². The molecule has 0 saturated carbocycles. The fraction of sp³-hybridized carbons (Fsp3) is 0.200. The summed E-state index contributed by atoms with van der Waals surface area (Å²) in [5.74, 6) is 0. The molecule has 73 valence electrons.